The third kappa shape index (κ3) is 4.32. The molecule has 1 aromatic carbocycles. The molecule has 7 heteroatoms. The molecule has 1 N–H and O–H groups in total. The molecule has 0 spiro atoms. The van der Waals surface area contributed by atoms with Crippen molar-refractivity contribution in [2.45, 2.75) is 18.9 Å². The van der Waals surface area contributed by atoms with Gasteiger partial charge in [0.15, 0.2) is 12.4 Å². The molecular formula is C18H18FN3O3. The number of likely N-dealkylation sites (tertiary alicyclic amines) is 1. The van der Waals surface area contributed by atoms with Crippen LogP contribution in [0, 0.1) is 11.0 Å². The standard InChI is InChI=1S/C18H18FN3O3/c19-15-3-1-13(2-4-15)5-8-21-12-16(11-17(21)23)20-18(24)14-6-9-22(25)10-7-14/h1-4,6-7,9-10,16H,5,8,11-12H2,(H,20,24)/t16-/m1/s1. The maximum atomic E-state index is 12.9. The zero-order valence-corrected chi connectivity index (χ0v) is 13.5. The van der Waals surface area contributed by atoms with Crippen LogP contribution in [-0.2, 0) is 11.2 Å². The van der Waals surface area contributed by atoms with Gasteiger partial charge in [-0.25, -0.2) is 4.39 Å². The quantitative estimate of drug-likeness (QED) is 0.651. The lowest BCUT2D eigenvalue weighted by Crippen LogP contribution is -2.38. The molecule has 2 heterocycles. The molecule has 0 unspecified atom stereocenters. The third-order valence-corrected chi connectivity index (χ3v) is 4.20. The van der Waals surface area contributed by atoms with Gasteiger partial charge in [-0.05, 0) is 24.1 Å². The predicted molar refractivity (Wildman–Crippen MR) is 88.0 cm³/mol. The SMILES string of the molecule is O=C(N[C@@H]1CC(=O)N(CCc2ccc(F)cc2)C1)c1cc[n+]([O-])cc1. The first kappa shape index (κ1) is 16.9. The van der Waals surface area contributed by atoms with Crippen molar-refractivity contribution in [2.24, 2.45) is 0 Å². The molecule has 0 aliphatic carbocycles. The molecular weight excluding hydrogens is 325 g/mol. The Kier molecular flexibility index (Phi) is 4.92. The van der Waals surface area contributed by atoms with Gasteiger partial charge in [-0.2, -0.15) is 4.73 Å². The molecule has 1 saturated heterocycles. The zero-order chi connectivity index (χ0) is 17.8. The van der Waals surface area contributed by atoms with Gasteiger partial charge in [-0.15, -0.1) is 0 Å². The summed E-state index contributed by atoms with van der Waals surface area (Å²) in [5.74, 6) is -0.608. The minimum Gasteiger partial charge on any atom is -0.619 e. The summed E-state index contributed by atoms with van der Waals surface area (Å²) in [7, 11) is 0. The van der Waals surface area contributed by atoms with Gasteiger partial charge in [0, 0.05) is 31.6 Å². The first-order valence-corrected chi connectivity index (χ1v) is 8.03. The van der Waals surface area contributed by atoms with Crippen molar-refractivity contribution in [3.63, 3.8) is 0 Å². The fourth-order valence-corrected chi connectivity index (χ4v) is 2.83. The van der Waals surface area contributed by atoms with Crippen LogP contribution < -0.4 is 10.0 Å². The highest BCUT2D eigenvalue weighted by molar-refractivity contribution is 5.94. The molecule has 1 atom stereocenters. The fourth-order valence-electron chi connectivity index (χ4n) is 2.83. The number of benzene rings is 1. The number of halogens is 1. The number of carbonyl (C=O) groups is 2. The van der Waals surface area contributed by atoms with Gasteiger partial charge in [-0.1, -0.05) is 12.1 Å². The molecule has 1 aromatic heterocycles. The number of rotatable bonds is 5. The van der Waals surface area contributed by atoms with Crippen molar-refractivity contribution in [1.29, 1.82) is 0 Å². The Hall–Kier alpha value is -2.96. The van der Waals surface area contributed by atoms with Crippen molar-refractivity contribution in [1.82, 2.24) is 10.2 Å². The van der Waals surface area contributed by atoms with E-state index in [9.17, 15) is 19.2 Å². The number of hydrogen-bond acceptors (Lipinski definition) is 3. The maximum absolute atomic E-state index is 12.9. The zero-order valence-electron chi connectivity index (χ0n) is 13.5. The molecule has 1 aliphatic heterocycles. The van der Waals surface area contributed by atoms with E-state index in [2.05, 4.69) is 5.32 Å². The van der Waals surface area contributed by atoms with Gasteiger partial charge < -0.3 is 15.4 Å². The summed E-state index contributed by atoms with van der Waals surface area (Å²) in [6.45, 7) is 0.971. The van der Waals surface area contributed by atoms with E-state index < -0.39 is 0 Å². The van der Waals surface area contributed by atoms with Gasteiger partial charge in [0.1, 0.15) is 5.82 Å². The smallest absolute Gasteiger partial charge is 0.252 e. The van der Waals surface area contributed by atoms with Gasteiger partial charge in [0.05, 0.1) is 11.6 Å². The predicted octanol–water partition coefficient (Wildman–Crippen LogP) is 1.03. The van der Waals surface area contributed by atoms with Crippen LogP contribution >= 0.6 is 0 Å². The highest BCUT2D eigenvalue weighted by Gasteiger charge is 2.30. The second kappa shape index (κ2) is 7.29. The van der Waals surface area contributed by atoms with Crippen LogP contribution in [0.5, 0.6) is 0 Å². The average molecular weight is 343 g/mol. The minimum absolute atomic E-state index is 0.0159. The number of nitrogens with zero attached hydrogens (tertiary/aromatic N) is 2. The van der Waals surface area contributed by atoms with Crippen LogP contribution in [0.2, 0.25) is 0 Å². The molecule has 1 aliphatic rings. The summed E-state index contributed by atoms with van der Waals surface area (Å²) in [5, 5.41) is 13.8. The van der Waals surface area contributed by atoms with Gasteiger partial charge in [0.2, 0.25) is 5.91 Å². The number of carbonyl (C=O) groups excluding carboxylic acids is 2. The summed E-state index contributed by atoms with van der Waals surface area (Å²) < 4.78 is 13.5. The normalized spacial score (nSPS) is 16.9. The van der Waals surface area contributed by atoms with Gasteiger partial charge in [-0.3, -0.25) is 9.59 Å². The van der Waals surface area contributed by atoms with Crippen LogP contribution in [0.3, 0.4) is 0 Å². The first-order chi connectivity index (χ1) is 12.0. The second-order valence-corrected chi connectivity index (χ2v) is 6.04. The molecule has 3 rings (SSSR count). The molecule has 130 valence electrons. The fraction of sp³-hybridized carbons (Fsp3) is 0.278. The lowest BCUT2D eigenvalue weighted by atomic mass is 10.1. The van der Waals surface area contributed by atoms with E-state index in [1.54, 1.807) is 17.0 Å². The minimum atomic E-state index is -0.307. The van der Waals surface area contributed by atoms with E-state index in [4.69, 9.17) is 0 Å². The van der Waals surface area contributed by atoms with Crippen LogP contribution in [0.15, 0.2) is 48.8 Å². The second-order valence-electron chi connectivity index (χ2n) is 6.04. The van der Waals surface area contributed by atoms with Gasteiger partial charge >= 0.3 is 0 Å². The first-order valence-electron chi connectivity index (χ1n) is 8.03. The molecule has 6 nitrogen and oxygen atoms in total. The van der Waals surface area contributed by atoms with E-state index in [1.807, 2.05) is 0 Å². The molecule has 25 heavy (non-hydrogen) atoms. The molecule has 2 aromatic rings. The number of hydrogen-bond donors (Lipinski definition) is 1. The van der Waals surface area contributed by atoms with E-state index in [1.165, 1.54) is 36.7 Å². The largest absolute Gasteiger partial charge is 0.619 e. The van der Waals surface area contributed by atoms with Gasteiger partial charge in [0.25, 0.3) is 5.91 Å². The molecule has 2 amide bonds. The number of amides is 2. The van der Waals surface area contributed by atoms with Crippen LogP contribution in [0.1, 0.15) is 22.3 Å². The molecule has 0 saturated carbocycles. The van der Waals surface area contributed by atoms with E-state index in [-0.39, 0.29) is 30.1 Å². The van der Waals surface area contributed by atoms with Crippen molar-refractivity contribution in [3.8, 4) is 0 Å². The van der Waals surface area contributed by atoms with Crippen LogP contribution in [0.4, 0.5) is 4.39 Å². The highest BCUT2D eigenvalue weighted by Crippen LogP contribution is 2.13. The Morgan fingerprint density at radius 3 is 2.60 bits per heavy atom. The number of nitrogens with one attached hydrogen (secondary N) is 1. The highest BCUT2D eigenvalue weighted by atomic mass is 19.1. The summed E-state index contributed by atoms with van der Waals surface area (Å²) in [6.07, 6.45) is 3.39. The monoisotopic (exact) mass is 343 g/mol. The van der Waals surface area contributed by atoms with Crippen molar-refractivity contribution in [3.05, 3.63) is 70.9 Å². The Balaban J connectivity index is 1.52. The third-order valence-electron chi connectivity index (χ3n) is 4.20. The summed E-state index contributed by atoms with van der Waals surface area (Å²) in [4.78, 5) is 25.9. The average Bonchev–Trinajstić information content (AvgIpc) is 2.94. The molecule has 1 fully saturated rings. The Labute approximate surface area is 144 Å². The Morgan fingerprint density at radius 2 is 1.92 bits per heavy atom. The van der Waals surface area contributed by atoms with Crippen LogP contribution in [0.25, 0.3) is 0 Å². The van der Waals surface area contributed by atoms with E-state index >= 15 is 0 Å². The summed E-state index contributed by atoms with van der Waals surface area (Å²) >= 11 is 0. The van der Waals surface area contributed by atoms with E-state index in [0.717, 1.165) is 5.56 Å². The Morgan fingerprint density at radius 1 is 1.24 bits per heavy atom. The molecule has 0 radical (unpaired) electrons. The summed E-state index contributed by atoms with van der Waals surface area (Å²) in [6, 6.07) is 8.81. The number of pyridine rings is 1. The summed E-state index contributed by atoms with van der Waals surface area (Å²) in [5.41, 5.74) is 1.33. The van der Waals surface area contributed by atoms with E-state index in [0.29, 0.717) is 29.8 Å². The van der Waals surface area contributed by atoms with Crippen molar-refractivity contribution in [2.75, 3.05) is 13.1 Å². The Bertz CT molecular complexity index is 762. The maximum Gasteiger partial charge on any atom is 0.252 e. The topological polar surface area (TPSA) is 76.4 Å². The van der Waals surface area contributed by atoms with Crippen molar-refractivity contribution < 1.29 is 18.7 Å². The number of aromatic nitrogens is 1. The van der Waals surface area contributed by atoms with Crippen molar-refractivity contribution >= 4 is 11.8 Å². The van der Waals surface area contributed by atoms with Crippen LogP contribution in [-0.4, -0.2) is 35.8 Å². The lowest BCUT2D eigenvalue weighted by molar-refractivity contribution is -0.605. The lowest BCUT2D eigenvalue weighted by Gasteiger charge is -2.17. The molecule has 0 bridgehead atoms.